The molecule has 1 aromatic heterocycles. The van der Waals surface area contributed by atoms with Crippen LogP contribution in [0.2, 0.25) is 0 Å². The maximum Gasteiger partial charge on any atom is 0.371 e. The predicted molar refractivity (Wildman–Crippen MR) is 65.0 cm³/mol. The molecule has 0 aliphatic heterocycles. The second-order valence-electron chi connectivity index (χ2n) is 3.72. The molecule has 0 unspecified atom stereocenters. The molecule has 0 radical (unpaired) electrons. The first kappa shape index (κ1) is 11.9. The summed E-state index contributed by atoms with van der Waals surface area (Å²) in [5, 5.41) is 18.7. The van der Waals surface area contributed by atoms with Crippen molar-refractivity contribution < 1.29 is 19.4 Å². The topological polar surface area (TPSA) is 87.7 Å². The molecule has 2 aromatic rings. The lowest BCUT2D eigenvalue weighted by Crippen LogP contribution is -2.07. The highest BCUT2D eigenvalue weighted by Gasteiger charge is 2.15. The van der Waals surface area contributed by atoms with Crippen LogP contribution in [-0.2, 0) is 6.42 Å². The molecule has 92 valence electrons. The average Bonchev–Trinajstić information content (AvgIpc) is 2.32. The minimum absolute atomic E-state index is 0.0145. The number of rotatable bonds is 3. The van der Waals surface area contributed by atoms with E-state index in [-0.39, 0.29) is 16.7 Å². The Morgan fingerprint density at radius 3 is 2.78 bits per heavy atom. The Morgan fingerprint density at radius 1 is 1.44 bits per heavy atom. The van der Waals surface area contributed by atoms with Crippen molar-refractivity contribution in [2.45, 2.75) is 6.42 Å². The minimum atomic E-state index is -1.33. The van der Waals surface area contributed by atoms with Gasteiger partial charge in [-0.1, -0.05) is 12.1 Å². The molecular weight excluding hydrogens is 236 g/mol. The zero-order valence-corrected chi connectivity index (χ0v) is 9.34. The van der Waals surface area contributed by atoms with Crippen molar-refractivity contribution in [1.29, 1.82) is 0 Å². The molecule has 2 N–H and O–H groups in total. The number of aromatic carboxylic acids is 1. The molecule has 0 saturated carbocycles. The highest BCUT2D eigenvalue weighted by molar-refractivity contribution is 5.90. The standard InChI is InChI=1S/C13H10O5/c1-2-3-7-4-5-9-11(12(7)15)8(14)6-10(18-9)13(16)17/h2,4-6,15H,1,3H2,(H,16,17). The first-order valence-electron chi connectivity index (χ1n) is 5.17. The summed E-state index contributed by atoms with van der Waals surface area (Å²) in [4.78, 5) is 22.5. The summed E-state index contributed by atoms with van der Waals surface area (Å²) in [5.74, 6) is -1.98. The third kappa shape index (κ3) is 1.86. The van der Waals surface area contributed by atoms with Crippen LogP contribution >= 0.6 is 0 Å². The normalized spacial score (nSPS) is 10.4. The second-order valence-corrected chi connectivity index (χ2v) is 3.72. The number of hydrogen-bond acceptors (Lipinski definition) is 4. The fraction of sp³-hybridized carbons (Fsp3) is 0.0769. The van der Waals surface area contributed by atoms with Crippen molar-refractivity contribution in [2.75, 3.05) is 0 Å². The Balaban J connectivity index is 2.80. The molecule has 0 bridgehead atoms. The summed E-state index contributed by atoms with van der Waals surface area (Å²) in [6.07, 6.45) is 2.00. The highest BCUT2D eigenvalue weighted by atomic mass is 16.4. The van der Waals surface area contributed by atoms with Gasteiger partial charge >= 0.3 is 5.97 Å². The smallest absolute Gasteiger partial charge is 0.371 e. The van der Waals surface area contributed by atoms with E-state index in [1.54, 1.807) is 12.1 Å². The second kappa shape index (κ2) is 4.37. The Hall–Kier alpha value is -2.56. The lowest BCUT2D eigenvalue weighted by atomic mass is 10.1. The zero-order valence-electron chi connectivity index (χ0n) is 9.34. The summed E-state index contributed by atoms with van der Waals surface area (Å²) in [6.45, 7) is 3.55. The van der Waals surface area contributed by atoms with Crippen LogP contribution in [0, 0.1) is 0 Å². The summed E-state index contributed by atoms with van der Waals surface area (Å²) < 4.78 is 5.03. The molecular formula is C13H10O5. The van der Waals surface area contributed by atoms with E-state index in [0.29, 0.717) is 12.0 Å². The van der Waals surface area contributed by atoms with Crippen molar-refractivity contribution in [2.24, 2.45) is 0 Å². The highest BCUT2D eigenvalue weighted by Crippen LogP contribution is 2.27. The van der Waals surface area contributed by atoms with Gasteiger partial charge in [0, 0.05) is 6.07 Å². The number of carbonyl (C=O) groups is 1. The molecule has 0 saturated heterocycles. The lowest BCUT2D eigenvalue weighted by Gasteiger charge is -2.05. The number of hydrogen-bond donors (Lipinski definition) is 2. The van der Waals surface area contributed by atoms with E-state index in [0.717, 1.165) is 6.07 Å². The number of carboxylic acids is 1. The fourth-order valence-electron chi connectivity index (χ4n) is 1.70. The van der Waals surface area contributed by atoms with E-state index in [1.165, 1.54) is 6.07 Å². The van der Waals surface area contributed by atoms with Gasteiger partial charge in [0.2, 0.25) is 5.76 Å². The first-order valence-corrected chi connectivity index (χ1v) is 5.17. The summed E-state index contributed by atoms with van der Waals surface area (Å²) in [6, 6.07) is 3.87. The van der Waals surface area contributed by atoms with Crippen LogP contribution in [0.4, 0.5) is 0 Å². The molecule has 5 heteroatoms. The largest absolute Gasteiger partial charge is 0.507 e. The third-order valence-electron chi connectivity index (χ3n) is 2.53. The molecule has 2 rings (SSSR count). The average molecular weight is 246 g/mol. The maximum absolute atomic E-state index is 11.8. The van der Waals surface area contributed by atoms with E-state index < -0.39 is 17.2 Å². The molecule has 5 nitrogen and oxygen atoms in total. The maximum atomic E-state index is 11.8. The van der Waals surface area contributed by atoms with Crippen LogP contribution in [0.1, 0.15) is 16.1 Å². The van der Waals surface area contributed by atoms with Gasteiger partial charge in [0.05, 0.1) is 0 Å². The number of fused-ring (bicyclic) bond motifs is 1. The van der Waals surface area contributed by atoms with Gasteiger partial charge in [0.15, 0.2) is 5.43 Å². The van der Waals surface area contributed by atoms with Gasteiger partial charge < -0.3 is 14.6 Å². The van der Waals surface area contributed by atoms with Crippen LogP contribution < -0.4 is 5.43 Å². The van der Waals surface area contributed by atoms with Crippen molar-refractivity contribution in [3.63, 3.8) is 0 Å². The fourth-order valence-corrected chi connectivity index (χ4v) is 1.70. The predicted octanol–water partition coefficient (Wildman–Crippen LogP) is 1.93. The Kier molecular flexibility index (Phi) is 2.89. The van der Waals surface area contributed by atoms with E-state index >= 15 is 0 Å². The number of phenolic OH excluding ortho intramolecular Hbond substituents is 1. The molecule has 0 amide bonds. The zero-order chi connectivity index (χ0) is 13.3. The molecule has 0 aliphatic rings. The molecule has 18 heavy (non-hydrogen) atoms. The minimum Gasteiger partial charge on any atom is -0.507 e. The summed E-state index contributed by atoms with van der Waals surface area (Å²) in [7, 11) is 0. The van der Waals surface area contributed by atoms with Crippen LogP contribution in [0.5, 0.6) is 5.75 Å². The number of allylic oxidation sites excluding steroid dienone is 1. The van der Waals surface area contributed by atoms with Gasteiger partial charge in [-0.15, -0.1) is 6.58 Å². The number of phenols is 1. The molecule has 0 atom stereocenters. The molecule has 0 aliphatic carbocycles. The molecule has 1 aromatic carbocycles. The number of benzene rings is 1. The van der Waals surface area contributed by atoms with Gasteiger partial charge in [0.1, 0.15) is 16.7 Å². The van der Waals surface area contributed by atoms with Gasteiger partial charge in [-0.05, 0) is 18.1 Å². The van der Waals surface area contributed by atoms with Crippen molar-refractivity contribution in [3.8, 4) is 5.75 Å². The van der Waals surface area contributed by atoms with Crippen LogP contribution in [0.3, 0.4) is 0 Å². The van der Waals surface area contributed by atoms with Crippen molar-refractivity contribution in [3.05, 3.63) is 52.4 Å². The SMILES string of the molecule is C=CCc1ccc2oc(C(=O)O)cc(=O)c2c1O. The third-order valence-corrected chi connectivity index (χ3v) is 2.53. The van der Waals surface area contributed by atoms with Crippen LogP contribution in [0.15, 0.2) is 40.1 Å². The Bertz CT molecular complexity index is 696. The van der Waals surface area contributed by atoms with E-state index in [9.17, 15) is 14.7 Å². The van der Waals surface area contributed by atoms with Crippen molar-refractivity contribution >= 4 is 16.9 Å². The lowest BCUT2D eigenvalue weighted by molar-refractivity contribution is 0.0663. The van der Waals surface area contributed by atoms with Gasteiger partial charge in [-0.3, -0.25) is 4.79 Å². The van der Waals surface area contributed by atoms with E-state index in [1.807, 2.05) is 0 Å². The van der Waals surface area contributed by atoms with E-state index in [2.05, 4.69) is 6.58 Å². The van der Waals surface area contributed by atoms with Crippen molar-refractivity contribution in [1.82, 2.24) is 0 Å². The molecule has 1 heterocycles. The number of carboxylic acid groups (broad SMARTS) is 1. The summed E-state index contributed by atoms with van der Waals surface area (Å²) in [5.41, 5.74) is -0.00449. The molecule has 0 spiro atoms. The molecule has 0 fully saturated rings. The van der Waals surface area contributed by atoms with Gasteiger partial charge in [0.25, 0.3) is 0 Å². The van der Waals surface area contributed by atoms with Gasteiger partial charge in [-0.2, -0.15) is 0 Å². The van der Waals surface area contributed by atoms with E-state index in [4.69, 9.17) is 9.52 Å². The number of aromatic hydroxyl groups is 1. The quantitative estimate of drug-likeness (QED) is 0.808. The Morgan fingerprint density at radius 2 is 2.17 bits per heavy atom. The monoisotopic (exact) mass is 246 g/mol. The van der Waals surface area contributed by atoms with Gasteiger partial charge in [-0.25, -0.2) is 4.79 Å². The summed E-state index contributed by atoms with van der Waals surface area (Å²) >= 11 is 0. The Labute approximate surface area is 102 Å². The first-order chi connectivity index (χ1) is 8.54. The van der Waals surface area contributed by atoms with Crippen LogP contribution in [0.25, 0.3) is 11.0 Å². The van der Waals surface area contributed by atoms with Crippen LogP contribution in [-0.4, -0.2) is 16.2 Å².